The number of thioether (sulfide) groups is 1. The van der Waals surface area contributed by atoms with Crippen molar-refractivity contribution in [2.45, 2.75) is 30.6 Å². The standard InChI is InChI=1S/C13H24IN3O2S/c1-16-4-6-17(7-5-16)13(18)15-10-20-12-3-2-11(8-12)19-9-14/h11-12H,2-10H2,1H3,(H,15,18). The Morgan fingerprint density at radius 2 is 2.10 bits per heavy atom. The van der Waals surface area contributed by atoms with Crippen LogP contribution in [-0.2, 0) is 4.74 Å². The number of hydrogen-bond donors (Lipinski definition) is 1. The molecule has 1 aliphatic carbocycles. The minimum atomic E-state index is 0.0867. The molecule has 0 radical (unpaired) electrons. The van der Waals surface area contributed by atoms with Crippen molar-refractivity contribution in [3.8, 4) is 0 Å². The molecule has 2 aliphatic rings. The van der Waals surface area contributed by atoms with E-state index in [9.17, 15) is 4.79 Å². The van der Waals surface area contributed by atoms with Gasteiger partial charge in [-0.15, -0.1) is 11.8 Å². The zero-order chi connectivity index (χ0) is 14.4. The highest BCUT2D eigenvalue weighted by Gasteiger charge is 2.25. The average Bonchev–Trinajstić information content (AvgIpc) is 2.87. The number of ether oxygens (including phenoxy) is 1. The summed E-state index contributed by atoms with van der Waals surface area (Å²) >= 11 is 4.11. The lowest BCUT2D eigenvalue weighted by molar-refractivity contribution is 0.103. The number of likely N-dealkylation sites (N-methyl/N-ethyl adjacent to an activating group) is 1. The largest absolute Gasteiger partial charge is 0.368 e. The molecule has 1 heterocycles. The van der Waals surface area contributed by atoms with E-state index in [1.807, 2.05) is 16.7 Å². The van der Waals surface area contributed by atoms with Gasteiger partial charge in [0.25, 0.3) is 0 Å². The molecule has 5 nitrogen and oxygen atoms in total. The topological polar surface area (TPSA) is 44.8 Å². The van der Waals surface area contributed by atoms with Crippen LogP contribution in [0.3, 0.4) is 0 Å². The quantitative estimate of drug-likeness (QED) is 0.425. The van der Waals surface area contributed by atoms with Crippen LogP contribution in [0.4, 0.5) is 4.79 Å². The van der Waals surface area contributed by atoms with Crippen molar-refractivity contribution in [3.63, 3.8) is 0 Å². The van der Waals surface area contributed by atoms with Crippen molar-refractivity contribution in [2.75, 3.05) is 43.7 Å². The predicted molar refractivity (Wildman–Crippen MR) is 91.5 cm³/mol. The summed E-state index contributed by atoms with van der Waals surface area (Å²) in [7, 11) is 2.10. The molecule has 2 rings (SSSR count). The highest BCUT2D eigenvalue weighted by molar-refractivity contribution is 14.1. The second kappa shape index (κ2) is 8.65. The molecule has 0 spiro atoms. The summed E-state index contributed by atoms with van der Waals surface area (Å²) < 4.78 is 6.42. The first-order valence-electron chi connectivity index (χ1n) is 7.19. The Morgan fingerprint density at radius 1 is 1.35 bits per heavy atom. The summed E-state index contributed by atoms with van der Waals surface area (Å²) in [5.74, 6) is 0.715. The maximum absolute atomic E-state index is 12.0. The number of rotatable bonds is 5. The second-order valence-electron chi connectivity index (χ2n) is 5.42. The van der Waals surface area contributed by atoms with Gasteiger partial charge in [-0.05, 0) is 26.3 Å². The first kappa shape index (κ1) is 16.6. The van der Waals surface area contributed by atoms with Gasteiger partial charge in [0.05, 0.1) is 16.6 Å². The lowest BCUT2D eigenvalue weighted by Crippen LogP contribution is -2.50. The maximum Gasteiger partial charge on any atom is 0.318 e. The van der Waals surface area contributed by atoms with Crippen LogP contribution in [0.15, 0.2) is 0 Å². The number of nitrogens with one attached hydrogen (secondary N) is 1. The van der Waals surface area contributed by atoms with Gasteiger partial charge in [0, 0.05) is 31.4 Å². The van der Waals surface area contributed by atoms with E-state index in [0.717, 1.165) is 43.6 Å². The van der Waals surface area contributed by atoms with E-state index in [2.05, 4.69) is 39.9 Å². The van der Waals surface area contributed by atoms with Crippen molar-refractivity contribution in [2.24, 2.45) is 0 Å². The molecule has 20 heavy (non-hydrogen) atoms. The van der Waals surface area contributed by atoms with Crippen LogP contribution in [0.1, 0.15) is 19.3 Å². The van der Waals surface area contributed by atoms with Gasteiger partial charge >= 0.3 is 6.03 Å². The van der Waals surface area contributed by atoms with E-state index in [0.29, 0.717) is 17.2 Å². The summed E-state index contributed by atoms with van der Waals surface area (Å²) in [4.78, 5) is 16.2. The number of hydrogen-bond acceptors (Lipinski definition) is 4. The second-order valence-corrected chi connectivity index (χ2v) is 7.33. The molecule has 1 saturated carbocycles. The molecule has 1 saturated heterocycles. The molecule has 2 unspecified atom stereocenters. The number of carbonyl (C=O) groups excluding carboxylic acids is 1. The van der Waals surface area contributed by atoms with Crippen LogP contribution < -0.4 is 5.32 Å². The SMILES string of the molecule is CN1CCN(C(=O)NCSC2CCC(OCI)C2)CC1. The Kier molecular flexibility index (Phi) is 7.20. The van der Waals surface area contributed by atoms with Gasteiger partial charge in [-0.3, -0.25) is 0 Å². The summed E-state index contributed by atoms with van der Waals surface area (Å²) in [6.07, 6.45) is 3.92. The van der Waals surface area contributed by atoms with Crippen molar-refractivity contribution in [1.82, 2.24) is 15.1 Å². The monoisotopic (exact) mass is 413 g/mol. The Labute approximate surface area is 139 Å². The van der Waals surface area contributed by atoms with Crippen molar-refractivity contribution in [3.05, 3.63) is 0 Å². The molecule has 2 atom stereocenters. The predicted octanol–water partition coefficient (Wildman–Crippen LogP) is 1.96. The minimum Gasteiger partial charge on any atom is -0.368 e. The van der Waals surface area contributed by atoms with Crippen LogP contribution in [0.5, 0.6) is 0 Å². The van der Waals surface area contributed by atoms with Gasteiger partial charge in [0.15, 0.2) is 0 Å². The molecule has 0 bridgehead atoms. The van der Waals surface area contributed by atoms with Gasteiger partial charge in [0.2, 0.25) is 0 Å². The smallest absolute Gasteiger partial charge is 0.318 e. The van der Waals surface area contributed by atoms with Gasteiger partial charge < -0.3 is 19.9 Å². The molecule has 0 aromatic carbocycles. The van der Waals surface area contributed by atoms with Crippen LogP contribution in [0.2, 0.25) is 0 Å². The first-order chi connectivity index (χ1) is 9.69. The van der Waals surface area contributed by atoms with Gasteiger partial charge in [-0.2, -0.15) is 0 Å². The highest BCUT2D eigenvalue weighted by Crippen LogP contribution is 2.31. The van der Waals surface area contributed by atoms with Gasteiger partial charge in [-0.25, -0.2) is 4.79 Å². The number of piperazine rings is 1. The van der Waals surface area contributed by atoms with Crippen LogP contribution in [0.25, 0.3) is 0 Å². The Balaban J connectivity index is 1.58. The van der Waals surface area contributed by atoms with Crippen LogP contribution in [-0.4, -0.2) is 70.9 Å². The number of urea groups is 1. The Bertz CT molecular complexity index is 314. The fraction of sp³-hybridized carbons (Fsp3) is 0.923. The molecular formula is C13H24IN3O2S. The molecular weight excluding hydrogens is 389 g/mol. The van der Waals surface area contributed by atoms with Crippen LogP contribution in [0, 0.1) is 0 Å². The van der Waals surface area contributed by atoms with E-state index in [1.54, 1.807) is 0 Å². The summed E-state index contributed by atoms with van der Waals surface area (Å²) in [6, 6.07) is 0.0867. The molecule has 116 valence electrons. The first-order valence-corrected chi connectivity index (χ1v) is 9.77. The normalized spacial score (nSPS) is 27.8. The molecule has 2 fully saturated rings. The molecule has 7 heteroatoms. The number of nitrogens with zero attached hydrogens (tertiary/aromatic N) is 2. The fourth-order valence-electron chi connectivity index (χ4n) is 2.64. The Morgan fingerprint density at radius 3 is 2.80 bits per heavy atom. The summed E-state index contributed by atoms with van der Waals surface area (Å²) in [5, 5.41) is 3.67. The average molecular weight is 413 g/mol. The third kappa shape index (κ3) is 5.23. The van der Waals surface area contributed by atoms with Crippen LogP contribution >= 0.6 is 34.4 Å². The van der Waals surface area contributed by atoms with Crippen molar-refractivity contribution < 1.29 is 9.53 Å². The third-order valence-corrected chi connectivity index (χ3v) is 5.54. The van der Waals surface area contributed by atoms with E-state index < -0.39 is 0 Å². The van der Waals surface area contributed by atoms with Crippen molar-refractivity contribution >= 4 is 40.4 Å². The summed E-state index contributed by atoms with van der Waals surface area (Å²) in [6.45, 7) is 3.61. The highest BCUT2D eigenvalue weighted by atomic mass is 127. The maximum atomic E-state index is 12.0. The van der Waals surface area contributed by atoms with Crippen molar-refractivity contribution in [1.29, 1.82) is 0 Å². The van der Waals surface area contributed by atoms with E-state index in [1.165, 1.54) is 6.42 Å². The fourth-order valence-corrected chi connectivity index (χ4v) is 4.24. The molecule has 1 N–H and O–H groups in total. The minimum absolute atomic E-state index is 0.0867. The van der Waals surface area contributed by atoms with E-state index in [4.69, 9.17) is 4.74 Å². The molecule has 0 aromatic rings. The Hall–Kier alpha value is 0.270. The lowest BCUT2D eigenvalue weighted by atomic mass is 10.3. The summed E-state index contributed by atoms with van der Waals surface area (Å²) in [5.41, 5.74) is 0. The van der Waals surface area contributed by atoms with E-state index >= 15 is 0 Å². The molecule has 0 aromatic heterocycles. The zero-order valence-corrected chi connectivity index (χ0v) is 15.0. The molecule has 1 aliphatic heterocycles. The zero-order valence-electron chi connectivity index (χ0n) is 12.0. The number of carbonyl (C=O) groups is 1. The number of halogens is 1. The molecule has 2 amide bonds. The van der Waals surface area contributed by atoms with E-state index in [-0.39, 0.29) is 6.03 Å². The third-order valence-electron chi connectivity index (χ3n) is 3.97. The lowest BCUT2D eigenvalue weighted by Gasteiger charge is -2.32. The van der Waals surface area contributed by atoms with Gasteiger partial charge in [-0.1, -0.05) is 22.6 Å². The number of amides is 2. The number of alkyl halides is 1. The van der Waals surface area contributed by atoms with Gasteiger partial charge in [0.1, 0.15) is 0 Å².